The van der Waals surface area contributed by atoms with Crippen LogP contribution in [0.15, 0.2) is 53.4 Å². The highest BCUT2D eigenvalue weighted by Gasteiger charge is 2.24. The van der Waals surface area contributed by atoms with Crippen molar-refractivity contribution in [3.8, 4) is 0 Å². The number of benzene rings is 2. The smallest absolute Gasteiger partial charge is 0.271 e. The van der Waals surface area contributed by atoms with Crippen molar-refractivity contribution < 1.29 is 13.3 Å². The van der Waals surface area contributed by atoms with Gasteiger partial charge in [0.15, 0.2) is 0 Å². The Labute approximate surface area is 125 Å². The minimum Gasteiger partial charge on any atom is -0.368 e. The summed E-state index contributed by atoms with van der Waals surface area (Å²) in [5.74, 6) is -0.201. The summed E-state index contributed by atoms with van der Waals surface area (Å²) in [6.45, 7) is 0. The second-order valence-corrected chi connectivity index (χ2v) is 6.27. The first-order valence-electron chi connectivity index (χ1n) is 6.14. The number of nitro groups is 1. The fourth-order valence-corrected chi connectivity index (χ4v) is 3.57. The van der Waals surface area contributed by atoms with Gasteiger partial charge in [-0.15, -0.1) is 0 Å². The lowest BCUT2D eigenvalue weighted by molar-refractivity contribution is -0.385. The summed E-state index contributed by atoms with van der Waals surface area (Å²) >= 11 is 0. The zero-order valence-corrected chi connectivity index (χ0v) is 11.9. The summed E-state index contributed by atoms with van der Waals surface area (Å²) in [6.07, 6.45) is 0. The molecule has 112 valence electrons. The average Bonchev–Trinajstić information content (AvgIpc) is 2.83. The molecule has 0 saturated heterocycles. The van der Waals surface area contributed by atoms with Gasteiger partial charge in [0.2, 0.25) is 5.95 Å². The Morgan fingerprint density at radius 2 is 1.86 bits per heavy atom. The highest BCUT2D eigenvalue weighted by Crippen LogP contribution is 2.26. The molecule has 0 bridgehead atoms. The van der Waals surface area contributed by atoms with Crippen LogP contribution >= 0.6 is 0 Å². The highest BCUT2D eigenvalue weighted by molar-refractivity contribution is 7.90. The maximum absolute atomic E-state index is 12.7. The first-order valence-corrected chi connectivity index (χ1v) is 7.58. The molecule has 0 spiro atoms. The van der Waals surface area contributed by atoms with E-state index >= 15 is 0 Å². The summed E-state index contributed by atoms with van der Waals surface area (Å²) in [5, 5.41) is 10.8. The number of aromatic nitrogens is 2. The SMILES string of the molecule is Nc1nc2ccccc2n1S(=O)(=O)c1cccc([N+](=O)[O-])c1. The number of hydrogen-bond acceptors (Lipinski definition) is 6. The molecule has 0 aliphatic rings. The van der Waals surface area contributed by atoms with Gasteiger partial charge in [-0.1, -0.05) is 18.2 Å². The topological polar surface area (TPSA) is 121 Å². The summed E-state index contributed by atoms with van der Waals surface area (Å²) in [4.78, 5) is 13.9. The molecule has 3 aromatic rings. The van der Waals surface area contributed by atoms with Crippen molar-refractivity contribution in [2.75, 3.05) is 5.73 Å². The summed E-state index contributed by atoms with van der Waals surface area (Å²) in [6, 6.07) is 11.3. The maximum atomic E-state index is 12.7. The Kier molecular flexibility index (Phi) is 3.06. The number of non-ortho nitro benzene ring substituents is 1. The van der Waals surface area contributed by atoms with Crippen molar-refractivity contribution in [1.29, 1.82) is 0 Å². The Balaban J connectivity index is 2.27. The van der Waals surface area contributed by atoms with Crippen molar-refractivity contribution in [1.82, 2.24) is 8.96 Å². The lowest BCUT2D eigenvalue weighted by Gasteiger charge is -2.08. The average molecular weight is 318 g/mol. The predicted octanol–water partition coefficient (Wildman–Crippen LogP) is 1.76. The van der Waals surface area contributed by atoms with Crippen molar-refractivity contribution in [2.24, 2.45) is 0 Å². The molecule has 1 aromatic heterocycles. The molecule has 8 nitrogen and oxygen atoms in total. The molecule has 9 heteroatoms. The normalized spacial score (nSPS) is 11.6. The second-order valence-electron chi connectivity index (χ2n) is 4.48. The van der Waals surface area contributed by atoms with Crippen LogP contribution in [0.4, 0.5) is 11.6 Å². The number of fused-ring (bicyclic) bond motifs is 1. The Morgan fingerprint density at radius 1 is 1.14 bits per heavy atom. The quantitative estimate of drug-likeness (QED) is 0.580. The fraction of sp³-hybridized carbons (Fsp3) is 0. The van der Waals surface area contributed by atoms with Crippen molar-refractivity contribution in [3.63, 3.8) is 0 Å². The fourth-order valence-electron chi connectivity index (χ4n) is 2.14. The number of nitrogens with zero attached hydrogens (tertiary/aromatic N) is 3. The molecule has 0 atom stereocenters. The lowest BCUT2D eigenvalue weighted by atomic mass is 10.3. The predicted molar refractivity (Wildman–Crippen MR) is 79.8 cm³/mol. The van der Waals surface area contributed by atoms with E-state index < -0.39 is 14.9 Å². The van der Waals surface area contributed by atoms with E-state index in [1.165, 1.54) is 18.2 Å². The van der Waals surface area contributed by atoms with Gasteiger partial charge in [-0.2, -0.15) is 0 Å². The van der Waals surface area contributed by atoms with Crippen LogP contribution in [0.2, 0.25) is 0 Å². The van der Waals surface area contributed by atoms with E-state index in [1.807, 2.05) is 0 Å². The zero-order valence-electron chi connectivity index (χ0n) is 11.1. The van der Waals surface area contributed by atoms with E-state index in [9.17, 15) is 18.5 Å². The molecule has 0 aliphatic carbocycles. The molecule has 0 radical (unpaired) electrons. The third-order valence-electron chi connectivity index (χ3n) is 3.11. The van der Waals surface area contributed by atoms with Gasteiger partial charge in [0.05, 0.1) is 20.9 Å². The number of anilines is 1. The summed E-state index contributed by atoms with van der Waals surface area (Å²) in [7, 11) is -4.08. The van der Waals surface area contributed by atoms with Crippen molar-refractivity contribution in [3.05, 3.63) is 58.6 Å². The number of rotatable bonds is 3. The molecule has 22 heavy (non-hydrogen) atoms. The molecule has 0 amide bonds. The van der Waals surface area contributed by atoms with E-state index in [1.54, 1.807) is 24.3 Å². The molecule has 2 aromatic carbocycles. The molecule has 0 aliphatic heterocycles. The van der Waals surface area contributed by atoms with Crippen LogP contribution in [0.3, 0.4) is 0 Å². The number of nitrogens with two attached hydrogens (primary N) is 1. The number of imidazole rings is 1. The monoisotopic (exact) mass is 318 g/mol. The first-order chi connectivity index (χ1) is 10.4. The maximum Gasteiger partial charge on any atom is 0.271 e. The van der Waals surface area contributed by atoms with Crippen LogP contribution in [0.1, 0.15) is 0 Å². The third-order valence-corrected chi connectivity index (χ3v) is 4.82. The van der Waals surface area contributed by atoms with Gasteiger partial charge in [0, 0.05) is 12.1 Å². The summed E-state index contributed by atoms with van der Waals surface area (Å²) in [5.41, 5.74) is 6.13. The van der Waals surface area contributed by atoms with Crippen molar-refractivity contribution in [2.45, 2.75) is 4.90 Å². The molecular formula is C13H10N4O4S. The summed E-state index contributed by atoms with van der Waals surface area (Å²) < 4.78 is 26.3. The number of para-hydroxylation sites is 2. The minimum atomic E-state index is -4.08. The molecule has 1 heterocycles. The molecule has 0 unspecified atom stereocenters. The molecule has 0 fully saturated rings. The van der Waals surface area contributed by atoms with Gasteiger partial charge in [0.1, 0.15) is 0 Å². The van der Waals surface area contributed by atoms with E-state index in [0.29, 0.717) is 11.0 Å². The van der Waals surface area contributed by atoms with Crippen LogP contribution in [0.25, 0.3) is 11.0 Å². The van der Waals surface area contributed by atoms with Crippen LogP contribution in [0, 0.1) is 10.1 Å². The Bertz CT molecular complexity index is 994. The number of hydrogen-bond donors (Lipinski definition) is 1. The van der Waals surface area contributed by atoms with Gasteiger partial charge >= 0.3 is 0 Å². The highest BCUT2D eigenvalue weighted by atomic mass is 32.2. The standard InChI is InChI=1S/C13H10N4O4S/c14-13-15-11-6-1-2-7-12(11)16(13)22(20,21)10-5-3-4-9(8-10)17(18)19/h1-8H,(H2,14,15). The van der Waals surface area contributed by atoms with Gasteiger partial charge < -0.3 is 5.73 Å². The number of nitrogen functional groups attached to an aromatic ring is 1. The van der Waals surface area contributed by atoms with Crippen LogP contribution < -0.4 is 5.73 Å². The van der Waals surface area contributed by atoms with E-state index in [4.69, 9.17) is 5.73 Å². The van der Waals surface area contributed by atoms with Gasteiger partial charge in [-0.3, -0.25) is 10.1 Å². The van der Waals surface area contributed by atoms with Crippen molar-refractivity contribution >= 4 is 32.7 Å². The lowest BCUT2D eigenvalue weighted by Crippen LogP contribution is -2.15. The largest absolute Gasteiger partial charge is 0.368 e. The van der Waals surface area contributed by atoms with Gasteiger partial charge in [0.25, 0.3) is 15.7 Å². The van der Waals surface area contributed by atoms with E-state index in [2.05, 4.69) is 4.98 Å². The van der Waals surface area contributed by atoms with E-state index in [-0.39, 0.29) is 16.5 Å². The third kappa shape index (κ3) is 2.07. The first kappa shape index (κ1) is 14.0. The van der Waals surface area contributed by atoms with Crippen LogP contribution in [-0.2, 0) is 10.0 Å². The molecule has 2 N–H and O–H groups in total. The Morgan fingerprint density at radius 3 is 2.59 bits per heavy atom. The minimum absolute atomic E-state index is 0.201. The van der Waals surface area contributed by atoms with E-state index in [0.717, 1.165) is 10.0 Å². The van der Waals surface area contributed by atoms with Gasteiger partial charge in [-0.25, -0.2) is 17.4 Å². The Hall–Kier alpha value is -2.94. The second kappa shape index (κ2) is 4.81. The molecular weight excluding hydrogens is 308 g/mol. The molecule has 0 saturated carbocycles. The molecule has 3 rings (SSSR count). The van der Waals surface area contributed by atoms with Crippen LogP contribution in [-0.4, -0.2) is 22.3 Å². The van der Waals surface area contributed by atoms with Gasteiger partial charge in [-0.05, 0) is 18.2 Å². The number of nitro benzene ring substituents is 1. The van der Waals surface area contributed by atoms with Crippen LogP contribution in [0.5, 0.6) is 0 Å². The zero-order chi connectivity index (χ0) is 15.9.